The van der Waals surface area contributed by atoms with Crippen molar-refractivity contribution in [2.45, 2.75) is 0 Å². The Bertz CT molecular complexity index is 405. The Morgan fingerprint density at radius 1 is 1.31 bits per heavy atom. The van der Waals surface area contributed by atoms with Crippen LogP contribution in [0, 0.1) is 5.82 Å². The van der Waals surface area contributed by atoms with E-state index in [1.807, 2.05) is 17.8 Å². The van der Waals surface area contributed by atoms with Crippen LogP contribution in [-0.2, 0) is 7.05 Å². The van der Waals surface area contributed by atoms with Crippen LogP contribution in [0.5, 0.6) is 0 Å². The SMILES string of the molecule is Cn1ccnc1-c1ccc(F)cn1. The van der Waals surface area contributed by atoms with E-state index in [4.69, 9.17) is 0 Å². The van der Waals surface area contributed by atoms with E-state index in [2.05, 4.69) is 9.97 Å². The Balaban J connectivity index is 2.47. The smallest absolute Gasteiger partial charge is 0.158 e. The summed E-state index contributed by atoms with van der Waals surface area (Å²) >= 11 is 0. The van der Waals surface area contributed by atoms with Crippen molar-refractivity contribution in [1.29, 1.82) is 0 Å². The molecular weight excluding hydrogens is 169 g/mol. The maximum atomic E-state index is 12.5. The second kappa shape index (κ2) is 2.97. The topological polar surface area (TPSA) is 30.7 Å². The van der Waals surface area contributed by atoms with Gasteiger partial charge in [-0.15, -0.1) is 0 Å². The van der Waals surface area contributed by atoms with Crippen LogP contribution in [0.15, 0.2) is 30.7 Å². The van der Waals surface area contributed by atoms with Crippen LogP contribution in [0.2, 0.25) is 0 Å². The zero-order chi connectivity index (χ0) is 9.26. The summed E-state index contributed by atoms with van der Waals surface area (Å²) < 4.78 is 14.4. The molecule has 2 aromatic heterocycles. The van der Waals surface area contributed by atoms with Crippen molar-refractivity contribution in [3.8, 4) is 11.5 Å². The third kappa shape index (κ3) is 1.42. The fourth-order valence-electron chi connectivity index (χ4n) is 1.12. The van der Waals surface area contributed by atoms with Crippen LogP contribution in [0.4, 0.5) is 4.39 Å². The van der Waals surface area contributed by atoms with Gasteiger partial charge in [-0.3, -0.25) is 0 Å². The minimum Gasteiger partial charge on any atom is -0.333 e. The van der Waals surface area contributed by atoms with Gasteiger partial charge in [0.1, 0.15) is 11.5 Å². The lowest BCUT2D eigenvalue weighted by molar-refractivity contribution is 0.621. The number of aromatic nitrogens is 3. The molecule has 4 heteroatoms. The molecule has 0 aliphatic rings. The Morgan fingerprint density at radius 3 is 2.69 bits per heavy atom. The molecule has 0 saturated carbocycles. The Labute approximate surface area is 74.9 Å². The molecule has 0 atom stereocenters. The van der Waals surface area contributed by atoms with Gasteiger partial charge in [-0.25, -0.2) is 14.4 Å². The normalized spacial score (nSPS) is 10.3. The molecule has 0 unspecified atom stereocenters. The van der Waals surface area contributed by atoms with Crippen molar-refractivity contribution in [2.75, 3.05) is 0 Å². The van der Waals surface area contributed by atoms with Gasteiger partial charge in [0.05, 0.1) is 6.20 Å². The summed E-state index contributed by atoms with van der Waals surface area (Å²) in [6, 6.07) is 2.98. The zero-order valence-electron chi connectivity index (χ0n) is 7.11. The molecule has 66 valence electrons. The first-order valence-corrected chi connectivity index (χ1v) is 3.86. The van der Waals surface area contributed by atoms with Crippen LogP contribution in [0.3, 0.4) is 0 Å². The van der Waals surface area contributed by atoms with Crippen LogP contribution >= 0.6 is 0 Å². The predicted molar refractivity (Wildman–Crippen MR) is 46.4 cm³/mol. The average molecular weight is 177 g/mol. The predicted octanol–water partition coefficient (Wildman–Crippen LogP) is 1.62. The third-order valence-corrected chi connectivity index (χ3v) is 1.78. The molecule has 0 amide bonds. The summed E-state index contributed by atoms with van der Waals surface area (Å²) in [4.78, 5) is 8.02. The summed E-state index contributed by atoms with van der Waals surface area (Å²) in [6.45, 7) is 0. The van der Waals surface area contributed by atoms with Crippen molar-refractivity contribution in [1.82, 2.24) is 14.5 Å². The number of imidazole rings is 1. The molecule has 13 heavy (non-hydrogen) atoms. The first-order chi connectivity index (χ1) is 6.27. The summed E-state index contributed by atoms with van der Waals surface area (Å²) in [6.07, 6.45) is 4.69. The minimum absolute atomic E-state index is 0.335. The molecule has 2 aromatic rings. The van der Waals surface area contributed by atoms with E-state index in [9.17, 15) is 4.39 Å². The number of pyridine rings is 1. The van der Waals surface area contributed by atoms with E-state index >= 15 is 0 Å². The van der Waals surface area contributed by atoms with E-state index in [1.165, 1.54) is 12.3 Å². The van der Waals surface area contributed by atoms with Crippen LogP contribution in [0.1, 0.15) is 0 Å². The highest BCUT2D eigenvalue weighted by molar-refractivity contribution is 5.48. The van der Waals surface area contributed by atoms with Crippen molar-refractivity contribution in [3.63, 3.8) is 0 Å². The average Bonchev–Trinajstić information content (AvgIpc) is 2.53. The van der Waals surface area contributed by atoms with Gasteiger partial charge >= 0.3 is 0 Å². The third-order valence-electron chi connectivity index (χ3n) is 1.78. The first kappa shape index (κ1) is 7.91. The molecule has 2 rings (SSSR count). The van der Waals surface area contributed by atoms with Gasteiger partial charge in [0.25, 0.3) is 0 Å². The summed E-state index contributed by atoms with van der Waals surface area (Å²) in [5, 5.41) is 0. The summed E-state index contributed by atoms with van der Waals surface area (Å²) in [7, 11) is 1.87. The molecule has 0 aliphatic heterocycles. The number of halogens is 1. The number of hydrogen-bond acceptors (Lipinski definition) is 2. The van der Waals surface area contributed by atoms with Crippen LogP contribution in [0.25, 0.3) is 11.5 Å². The maximum Gasteiger partial charge on any atom is 0.158 e. The molecular formula is C9H8FN3. The van der Waals surface area contributed by atoms with Crippen molar-refractivity contribution < 1.29 is 4.39 Å². The molecule has 0 spiro atoms. The molecule has 2 heterocycles. The Kier molecular flexibility index (Phi) is 1.81. The molecule has 0 radical (unpaired) electrons. The summed E-state index contributed by atoms with van der Waals surface area (Å²) in [5.74, 6) is 0.401. The highest BCUT2D eigenvalue weighted by Gasteiger charge is 2.03. The Hall–Kier alpha value is -1.71. The monoisotopic (exact) mass is 177 g/mol. The van der Waals surface area contributed by atoms with Gasteiger partial charge < -0.3 is 4.57 Å². The minimum atomic E-state index is -0.335. The fraction of sp³-hybridized carbons (Fsp3) is 0.111. The van der Waals surface area contributed by atoms with E-state index < -0.39 is 0 Å². The van der Waals surface area contributed by atoms with Crippen molar-refractivity contribution >= 4 is 0 Å². The van der Waals surface area contributed by atoms with Gasteiger partial charge in [-0.2, -0.15) is 0 Å². The van der Waals surface area contributed by atoms with Gasteiger partial charge in [0, 0.05) is 19.4 Å². The lowest BCUT2D eigenvalue weighted by atomic mass is 10.3. The number of hydrogen-bond donors (Lipinski definition) is 0. The molecule has 0 fully saturated rings. The molecule has 3 nitrogen and oxygen atoms in total. The van der Waals surface area contributed by atoms with Gasteiger partial charge in [-0.05, 0) is 12.1 Å². The van der Waals surface area contributed by atoms with Crippen molar-refractivity contribution in [3.05, 3.63) is 36.5 Å². The second-order valence-corrected chi connectivity index (χ2v) is 2.72. The lowest BCUT2D eigenvalue weighted by Gasteiger charge is -1.99. The molecule has 0 N–H and O–H groups in total. The highest BCUT2D eigenvalue weighted by atomic mass is 19.1. The quantitative estimate of drug-likeness (QED) is 0.662. The zero-order valence-corrected chi connectivity index (χ0v) is 7.11. The standard InChI is InChI=1S/C9H8FN3/c1-13-5-4-11-9(13)8-3-2-7(10)6-12-8/h2-6H,1H3. The molecule has 0 aliphatic carbocycles. The molecule has 0 aromatic carbocycles. The van der Waals surface area contributed by atoms with Gasteiger partial charge in [-0.1, -0.05) is 0 Å². The number of nitrogens with zero attached hydrogens (tertiary/aromatic N) is 3. The van der Waals surface area contributed by atoms with E-state index in [0.717, 1.165) is 5.82 Å². The summed E-state index contributed by atoms with van der Waals surface area (Å²) in [5.41, 5.74) is 0.675. The van der Waals surface area contributed by atoms with Gasteiger partial charge in [0.2, 0.25) is 0 Å². The van der Waals surface area contributed by atoms with E-state index in [-0.39, 0.29) is 5.82 Å². The van der Waals surface area contributed by atoms with E-state index in [1.54, 1.807) is 12.3 Å². The molecule has 0 bridgehead atoms. The lowest BCUT2D eigenvalue weighted by Crippen LogP contribution is -1.93. The van der Waals surface area contributed by atoms with Crippen LogP contribution < -0.4 is 0 Å². The largest absolute Gasteiger partial charge is 0.333 e. The van der Waals surface area contributed by atoms with E-state index in [0.29, 0.717) is 5.69 Å². The second-order valence-electron chi connectivity index (χ2n) is 2.72. The van der Waals surface area contributed by atoms with Crippen molar-refractivity contribution in [2.24, 2.45) is 7.05 Å². The first-order valence-electron chi connectivity index (χ1n) is 3.86. The molecule has 0 saturated heterocycles. The highest BCUT2D eigenvalue weighted by Crippen LogP contribution is 2.12. The Morgan fingerprint density at radius 2 is 2.15 bits per heavy atom. The number of rotatable bonds is 1. The fourth-order valence-corrected chi connectivity index (χ4v) is 1.12. The van der Waals surface area contributed by atoms with Gasteiger partial charge in [0.15, 0.2) is 5.82 Å². The van der Waals surface area contributed by atoms with Crippen LogP contribution in [-0.4, -0.2) is 14.5 Å². The maximum absolute atomic E-state index is 12.5. The number of aryl methyl sites for hydroxylation is 1.